The van der Waals surface area contributed by atoms with E-state index in [-0.39, 0.29) is 10.8 Å². The Morgan fingerprint density at radius 1 is 0.552 bits per heavy atom. The fourth-order valence-corrected chi connectivity index (χ4v) is 2.77. The Balaban J connectivity index is 1.62. The normalized spacial score (nSPS) is 11.9. The van der Waals surface area contributed by atoms with Gasteiger partial charge in [0.15, 0.2) is 5.36 Å². The molecular formula is C22H14N4O3. The van der Waals surface area contributed by atoms with Crippen LogP contribution in [0.1, 0.15) is 0 Å². The molecule has 7 heteroatoms. The fraction of sp³-hybridized carbons (Fsp3) is 0. The lowest BCUT2D eigenvalue weighted by Crippen LogP contribution is -2.48. The van der Waals surface area contributed by atoms with Crippen LogP contribution >= 0.6 is 0 Å². The zero-order chi connectivity index (χ0) is 20.2. The maximum atomic E-state index is 12.5. The Kier molecular flexibility index (Phi) is 4.86. The van der Waals surface area contributed by atoms with E-state index in [0.717, 1.165) is 5.69 Å². The van der Waals surface area contributed by atoms with Crippen LogP contribution in [0.2, 0.25) is 0 Å². The molecule has 0 aliphatic heterocycles. The highest BCUT2D eigenvalue weighted by atomic mass is 16.2. The molecule has 0 aromatic heterocycles. The first kappa shape index (κ1) is 18.1. The maximum Gasteiger partial charge on any atom is 0.257 e. The van der Waals surface area contributed by atoms with Crippen molar-refractivity contribution in [2.75, 3.05) is 5.43 Å². The third-order valence-corrected chi connectivity index (χ3v) is 4.25. The first-order valence-electron chi connectivity index (χ1n) is 8.77. The molecule has 4 aromatic carbocycles. The van der Waals surface area contributed by atoms with Crippen molar-refractivity contribution < 1.29 is 0 Å². The molecule has 0 saturated heterocycles. The molecule has 7 nitrogen and oxygen atoms in total. The molecule has 0 atom stereocenters. The Labute approximate surface area is 164 Å². The van der Waals surface area contributed by atoms with E-state index in [4.69, 9.17) is 0 Å². The van der Waals surface area contributed by atoms with Crippen LogP contribution in [0, 0.1) is 0 Å². The largest absolute Gasteiger partial charge is 0.287 e. The van der Waals surface area contributed by atoms with Crippen molar-refractivity contribution in [3.63, 3.8) is 0 Å². The number of anilines is 1. The second kappa shape index (κ2) is 7.77. The summed E-state index contributed by atoms with van der Waals surface area (Å²) in [6, 6.07) is 22.3. The van der Waals surface area contributed by atoms with E-state index in [1.54, 1.807) is 36.4 Å². The van der Waals surface area contributed by atoms with Crippen molar-refractivity contribution in [3.05, 3.63) is 115 Å². The van der Waals surface area contributed by atoms with Gasteiger partial charge in [0.1, 0.15) is 0 Å². The van der Waals surface area contributed by atoms with Crippen molar-refractivity contribution in [2.24, 2.45) is 15.3 Å². The van der Waals surface area contributed by atoms with Crippen LogP contribution in [0.4, 0.5) is 17.1 Å². The van der Waals surface area contributed by atoms with E-state index < -0.39 is 21.6 Å². The first-order chi connectivity index (χ1) is 14.1. The fourth-order valence-electron chi connectivity index (χ4n) is 2.77. The molecule has 4 aromatic rings. The molecule has 29 heavy (non-hydrogen) atoms. The van der Waals surface area contributed by atoms with Gasteiger partial charge in [0, 0.05) is 10.8 Å². The SMILES string of the molecule is O=c1c(=NNc2ccc(N=Nc3ccccc3)cc2)c(=O)c2ccccc2c1=O. The van der Waals surface area contributed by atoms with E-state index in [9.17, 15) is 14.4 Å². The highest BCUT2D eigenvalue weighted by Gasteiger charge is 2.10. The molecule has 0 aliphatic rings. The highest BCUT2D eigenvalue weighted by molar-refractivity contribution is 5.81. The van der Waals surface area contributed by atoms with E-state index in [2.05, 4.69) is 20.8 Å². The van der Waals surface area contributed by atoms with Gasteiger partial charge in [-0.2, -0.15) is 15.3 Å². The quantitative estimate of drug-likeness (QED) is 0.333. The molecule has 1 N–H and O–H groups in total. The lowest BCUT2D eigenvalue weighted by atomic mass is 10.1. The van der Waals surface area contributed by atoms with Crippen LogP contribution in [0.15, 0.2) is 109 Å². The summed E-state index contributed by atoms with van der Waals surface area (Å²) in [4.78, 5) is 36.9. The summed E-state index contributed by atoms with van der Waals surface area (Å²) in [6.07, 6.45) is 0. The van der Waals surface area contributed by atoms with Gasteiger partial charge in [-0.05, 0) is 36.4 Å². The van der Waals surface area contributed by atoms with Crippen molar-refractivity contribution in [1.82, 2.24) is 0 Å². The topological polar surface area (TPSA) is 100 Å². The number of hydrogen-bond donors (Lipinski definition) is 1. The zero-order valence-electron chi connectivity index (χ0n) is 15.1. The summed E-state index contributed by atoms with van der Waals surface area (Å²) < 4.78 is 0. The van der Waals surface area contributed by atoms with Crippen LogP contribution in [0.5, 0.6) is 0 Å². The van der Waals surface area contributed by atoms with Crippen molar-refractivity contribution in [2.45, 2.75) is 0 Å². The van der Waals surface area contributed by atoms with Gasteiger partial charge in [0.2, 0.25) is 10.9 Å². The average Bonchev–Trinajstić information content (AvgIpc) is 2.77. The summed E-state index contributed by atoms with van der Waals surface area (Å²) in [7, 11) is 0. The molecule has 0 aliphatic carbocycles. The second-order valence-electron chi connectivity index (χ2n) is 6.19. The summed E-state index contributed by atoms with van der Waals surface area (Å²) in [5.41, 5.74) is 2.30. The third kappa shape index (κ3) is 3.74. The molecular weight excluding hydrogens is 368 g/mol. The van der Waals surface area contributed by atoms with Gasteiger partial charge in [-0.3, -0.25) is 19.8 Å². The Morgan fingerprint density at radius 2 is 1.10 bits per heavy atom. The molecule has 0 fully saturated rings. The van der Waals surface area contributed by atoms with Gasteiger partial charge in [-0.15, -0.1) is 0 Å². The summed E-state index contributed by atoms with van der Waals surface area (Å²) in [6.45, 7) is 0. The lowest BCUT2D eigenvalue weighted by Gasteiger charge is -2.00. The molecule has 140 valence electrons. The Hall–Kier alpha value is -4.26. The van der Waals surface area contributed by atoms with Crippen molar-refractivity contribution in [3.8, 4) is 0 Å². The molecule has 0 spiro atoms. The number of nitrogens with zero attached hydrogens (tertiary/aromatic N) is 3. The third-order valence-electron chi connectivity index (χ3n) is 4.25. The standard InChI is InChI=1S/C22H14N4O3/c27-20-17-8-4-5-9-18(17)21(28)22(29)19(20)26-25-16-12-10-15(11-13-16)24-23-14-6-2-1-3-7-14/h1-13,25H. The number of azo groups is 1. The monoisotopic (exact) mass is 382 g/mol. The van der Waals surface area contributed by atoms with Crippen LogP contribution in [-0.2, 0) is 0 Å². The van der Waals surface area contributed by atoms with Crippen molar-refractivity contribution in [1.29, 1.82) is 0 Å². The number of nitrogens with one attached hydrogen (secondary N) is 1. The molecule has 0 heterocycles. The van der Waals surface area contributed by atoms with Gasteiger partial charge in [0.25, 0.3) is 5.43 Å². The van der Waals surface area contributed by atoms with E-state index in [1.165, 1.54) is 12.1 Å². The van der Waals surface area contributed by atoms with E-state index in [0.29, 0.717) is 11.4 Å². The molecule has 0 saturated carbocycles. The van der Waals surface area contributed by atoms with E-state index >= 15 is 0 Å². The van der Waals surface area contributed by atoms with Crippen LogP contribution < -0.4 is 27.1 Å². The molecule has 0 bridgehead atoms. The minimum absolute atomic E-state index is 0.106. The lowest BCUT2D eigenvalue weighted by molar-refractivity contribution is 1.17. The average molecular weight is 382 g/mol. The van der Waals surface area contributed by atoms with Crippen LogP contribution in [0.25, 0.3) is 10.8 Å². The van der Waals surface area contributed by atoms with Gasteiger partial charge in [0.05, 0.1) is 17.1 Å². The summed E-state index contributed by atoms with van der Waals surface area (Å²) in [5, 5.41) is 12.0. The predicted octanol–water partition coefficient (Wildman–Crippen LogP) is 3.14. The highest BCUT2D eigenvalue weighted by Crippen LogP contribution is 2.19. The number of hydrogen-bond acceptors (Lipinski definition) is 7. The minimum Gasteiger partial charge on any atom is -0.287 e. The number of benzene rings is 4. The predicted molar refractivity (Wildman–Crippen MR) is 111 cm³/mol. The smallest absolute Gasteiger partial charge is 0.257 e. The van der Waals surface area contributed by atoms with Gasteiger partial charge >= 0.3 is 0 Å². The minimum atomic E-state index is -0.922. The first-order valence-corrected chi connectivity index (χ1v) is 8.77. The number of rotatable bonds is 4. The van der Waals surface area contributed by atoms with Crippen LogP contribution in [-0.4, -0.2) is 0 Å². The molecule has 0 amide bonds. The maximum absolute atomic E-state index is 12.5. The molecule has 0 radical (unpaired) electrons. The summed E-state index contributed by atoms with van der Waals surface area (Å²) >= 11 is 0. The van der Waals surface area contributed by atoms with Gasteiger partial charge in [-0.25, -0.2) is 0 Å². The van der Waals surface area contributed by atoms with Crippen molar-refractivity contribution >= 4 is 27.8 Å². The Bertz CT molecular complexity index is 1420. The van der Waals surface area contributed by atoms with Gasteiger partial charge in [-0.1, -0.05) is 42.5 Å². The zero-order valence-corrected chi connectivity index (χ0v) is 15.1. The number of fused-ring (bicyclic) bond motifs is 1. The molecule has 4 rings (SSSR count). The summed E-state index contributed by atoms with van der Waals surface area (Å²) in [5.74, 6) is 0. The van der Waals surface area contributed by atoms with E-state index in [1.807, 2.05) is 30.3 Å². The van der Waals surface area contributed by atoms with Crippen LogP contribution in [0.3, 0.4) is 0 Å². The molecule has 0 unspecified atom stereocenters. The Morgan fingerprint density at radius 3 is 1.76 bits per heavy atom. The second-order valence-corrected chi connectivity index (χ2v) is 6.19. The van der Waals surface area contributed by atoms with Gasteiger partial charge < -0.3 is 0 Å².